The first kappa shape index (κ1) is 24.7. The maximum absolute atomic E-state index is 13.0. The molecule has 0 saturated heterocycles. The molecule has 13 heteroatoms. The van der Waals surface area contributed by atoms with Gasteiger partial charge in [0.25, 0.3) is 5.91 Å². The molecule has 0 unspecified atom stereocenters. The van der Waals surface area contributed by atoms with Crippen LogP contribution in [-0.4, -0.2) is 37.4 Å². The molecule has 3 aliphatic carbocycles. The van der Waals surface area contributed by atoms with E-state index in [1.165, 1.54) is 12.3 Å². The number of hydrogen-bond donors (Lipinski definition) is 2. The molecular formula is C25H20F6N4O3. The Morgan fingerprint density at radius 3 is 2.34 bits per heavy atom. The van der Waals surface area contributed by atoms with Gasteiger partial charge in [-0.15, -0.1) is 0 Å². The first-order chi connectivity index (χ1) is 17.8. The fourth-order valence-electron chi connectivity index (χ4n) is 5.68. The number of rotatable bonds is 4. The smallest absolute Gasteiger partial charge is 0.417 e. The fourth-order valence-corrected chi connectivity index (χ4v) is 5.68. The third-order valence-corrected chi connectivity index (χ3v) is 7.54. The van der Waals surface area contributed by atoms with Gasteiger partial charge in [-0.25, -0.2) is 0 Å². The van der Waals surface area contributed by atoms with Gasteiger partial charge in [-0.2, -0.15) is 31.4 Å². The molecule has 2 bridgehead atoms. The molecule has 4 aliphatic rings. The molecule has 1 amide bonds. The van der Waals surface area contributed by atoms with Crippen molar-refractivity contribution in [3.63, 3.8) is 0 Å². The van der Waals surface area contributed by atoms with Gasteiger partial charge in [0.1, 0.15) is 5.75 Å². The average molecular weight is 538 g/mol. The van der Waals surface area contributed by atoms with E-state index in [1.54, 1.807) is 10.9 Å². The van der Waals surface area contributed by atoms with Gasteiger partial charge in [0, 0.05) is 35.5 Å². The number of benzene rings is 1. The maximum atomic E-state index is 13.0. The molecule has 38 heavy (non-hydrogen) atoms. The number of ether oxygens (including phenoxy) is 1. The lowest BCUT2D eigenvalue weighted by atomic mass is 9.44. The molecule has 200 valence electrons. The number of nitrogens with zero attached hydrogens (tertiary/aromatic N) is 3. The molecule has 3 fully saturated rings. The summed E-state index contributed by atoms with van der Waals surface area (Å²) in [5.41, 5.74) is -1.64. The van der Waals surface area contributed by atoms with Crippen molar-refractivity contribution in [3.8, 4) is 17.0 Å². The number of carbonyl (C=O) groups excluding carboxylic acids is 1. The number of hydrogen-bond acceptors (Lipinski definition) is 5. The quantitative estimate of drug-likeness (QED) is 0.474. The number of halogens is 6. The van der Waals surface area contributed by atoms with Gasteiger partial charge in [-0.1, -0.05) is 0 Å². The van der Waals surface area contributed by atoms with Crippen molar-refractivity contribution in [2.45, 2.75) is 61.3 Å². The van der Waals surface area contributed by atoms with Gasteiger partial charge >= 0.3 is 12.4 Å². The van der Waals surface area contributed by atoms with Crippen molar-refractivity contribution in [1.82, 2.24) is 20.1 Å². The highest BCUT2D eigenvalue weighted by atomic mass is 19.4. The minimum atomic E-state index is -4.56. The summed E-state index contributed by atoms with van der Waals surface area (Å²) in [6, 6.07) is 5.03. The highest BCUT2D eigenvalue weighted by Crippen LogP contribution is 2.65. The van der Waals surface area contributed by atoms with Gasteiger partial charge in [-0.3, -0.25) is 14.5 Å². The van der Waals surface area contributed by atoms with Gasteiger partial charge in [0.05, 0.1) is 34.7 Å². The molecule has 0 radical (unpaired) electrons. The summed E-state index contributed by atoms with van der Waals surface area (Å²) in [6.07, 6.45) is -5.80. The summed E-state index contributed by atoms with van der Waals surface area (Å²) in [5.74, 6) is -0.426. The van der Waals surface area contributed by atoms with E-state index < -0.39 is 47.1 Å². The average Bonchev–Trinajstić information content (AvgIpc) is 3.29. The number of nitrogens with one attached hydrogen (secondary N) is 1. The van der Waals surface area contributed by atoms with Crippen molar-refractivity contribution < 1.29 is 41.0 Å². The predicted molar refractivity (Wildman–Crippen MR) is 119 cm³/mol. The van der Waals surface area contributed by atoms with Crippen LogP contribution in [-0.2, 0) is 22.7 Å². The second-order valence-corrected chi connectivity index (χ2v) is 10.2. The Labute approximate surface area is 211 Å². The van der Waals surface area contributed by atoms with E-state index in [2.05, 4.69) is 15.4 Å². The van der Waals surface area contributed by atoms with Crippen LogP contribution >= 0.6 is 0 Å². The number of carbonyl (C=O) groups is 1. The summed E-state index contributed by atoms with van der Waals surface area (Å²) in [4.78, 5) is 16.8. The molecule has 1 aromatic carbocycles. The number of amides is 1. The molecule has 3 aromatic rings. The standard InChI is InChI=1S/C25H20F6N4O3/c26-24(27,28)14-2-4-19-16(5-14)18(36)6-20(38-19)21(37)34-22-10-23(11-22,12-22)35-9-13(7-33-35)17-3-1-15(8-32-17)25(29,30)31/h1-5,7-9,18,20,36H,6,10-12H2,(H,34,37)/t18-,20-,22?,23?/m1/s1. The van der Waals surface area contributed by atoms with Crippen molar-refractivity contribution in [2.75, 3.05) is 0 Å². The first-order valence-electron chi connectivity index (χ1n) is 11.7. The molecule has 2 atom stereocenters. The Morgan fingerprint density at radius 2 is 1.71 bits per heavy atom. The maximum Gasteiger partial charge on any atom is 0.417 e. The molecule has 2 aromatic heterocycles. The van der Waals surface area contributed by atoms with Crippen LogP contribution in [0.2, 0.25) is 0 Å². The topological polar surface area (TPSA) is 89.3 Å². The van der Waals surface area contributed by atoms with E-state index in [4.69, 9.17) is 4.74 Å². The number of aliphatic hydroxyl groups is 1. The number of aromatic nitrogens is 3. The summed E-state index contributed by atoms with van der Waals surface area (Å²) in [6.45, 7) is 0. The minimum absolute atomic E-state index is 0.00892. The summed E-state index contributed by atoms with van der Waals surface area (Å²) >= 11 is 0. The van der Waals surface area contributed by atoms with Crippen LogP contribution < -0.4 is 10.1 Å². The summed E-state index contributed by atoms with van der Waals surface area (Å²) in [7, 11) is 0. The molecule has 7 rings (SSSR count). The van der Waals surface area contributed by atoms with E-state index in [-0.39, 0.29) is 23.3 Å². The lowest BCUT2D eigenvalue weighted by Gasteiger charge is -2.70. The Kier molecular flexibility index (Phi) is 5.17. The van der Waals surface area contributed by atoms with Crippen molar-refractivity contribution in [3.05, 3.63) is 65.6 Å². The monoisotopic (exact) mass is 538 g/mol. The van der Waals surface area contributed by atoms with Crippen LogP contribution in [0.5, 0.6) is 5.75 Å². The first-order valence-corrected chi connectivity index (χ1v) is 11.7. The molecule has 3 heterocycles. The summed E-state index contributed by atoms with van der Waals surface area (Å²) in [5, 5.41) is 17.7. The third-order valence-electron chi connectivity index (χ3n) is 7.54. The zero-order valence-corrected chi connectivity index (χ0v) is 19.5. The predicted octanol–water partition coefficient (Wildman–Crippen LogP) is 4.62. The minimum Gasteiger partial charge on any atom is -0.480 e. The number of aliphatic hydroxyl groups excluding tert-OH is 1. The Bertz CT molecular complexity index is 1400. The lowest BCUT2D eigenvalue weighted by molar-refractivity contribution is -0.165. The lowest BCUT2D eigenvalue weighted by Crippen LogP contribution is -2.79. The van der Waals surface area contributed by atoms with Gasteiger partial charge in [0.2, 0.25) is 0 Å². The zero-order valence-electron chi connectivity index (χ0n) is 19.5. The van der Waals surface area contributed by atoms with Crippen molar-refractivity contribution in [1.29, 1.82) is 0 Å². The van der Waals surface area contributed by atoms with Gasteiger partial charge < -0.3 is 15.2 Å². The summed E-state index contributed by atoms with van der Waals surface area (Å²) < 4.78 is 84.7. The third kappa shape index (κ3) is 3.99. The highest BCUT2D eigenvalue weighted by Gasteiger charge is 2.70. The van der Waals surface area contributed by atoms with Gasteiger partial charge in [0.15, 0.2) is 6.10 Å². The SMILES string of the molecule is O=C(NC12CC(n3cc(-c4ccc(C(F)(F)F)cn4)cn3)(C1)C2)[C@H]1C[C@@H](O)c2cc(C(F)(F)F)ccc2O1. The molecule has 0 spiro atoms. The highest BCUT2D eigenvalue weighted by molar-refractivity contribution is 5.83. The van der Waals surface area contributed by atoms with Crippen molar-refractivity contribution >= 4 is 5.91 Å². The van der Waals surface area contributed by atoms with Crippen LogP contribution in [0.3, 0.4) is 0 Å². The van der Waals surface area contributed by atoms with Crippen molar-refractivity contribution in [2.24, 2.45) is 0 Å². The van der Waals surface area contributed by atoms with Crippen LogP contribution in [0.4, 0.5) is 26.3 Å². The Morgan fingerprint density at radius 1 is 1.03 bits per heavy atom. The zero-order chi connectivity index (χ0) is 27.1. The second-order valence-electron chi connectivity index (χ2n) is 10.2. The van der Waals surface area contributed by atoms with E-state index in [9.17, 15) is 36.2 Å². The fraction of sp³-hybridized carbons (Fsp3) is 0.400. The second kappa shape index (κ2) is 7.95. The van der Waals surface area contributed by atoms with E-state index >= 15 is 0 Å². The molecule has 7 nitrogen and oxygen atoms in total. The Hall–Kier alpha value is -3.61. The normalized spacial score (nSPS) is 28.0. The van der Waals surface area contributed by atoms with Crippen LogP contribution in [0.1, 0.15) is 48.5 Å². The molecule has 3 saturated carbocycles. The number of fused-ring (bicyclic) bond motifs is 1. The van der Waals surface area contributed by atoms with Crippen LogP contribution in [0, 0.1) is 0 Å². The largest absolute Gasteiger partial charge is 0.480 e. The molecular weight excluding hydrogens is 518 g/mol. The van der Waals surface area contributed by atoms with Gasteiger partial charge in [-0.05, 0) is 49.6 Å². The van der Waals surface area contributed by atoms with E-state index in [0.29, 0.717) is 30.5 Å². The Balaban J connectivity index is 1.08. The van der Waals surface area contributed by atoms with E-state index in [1.807, 2.05) is 0 Å². The molecule has 2 N–H and O–H groups in total. The molecule has 1 aliphatic heterocycles. The van der Waals surface area contributed by atoms with Crippen LogP contribution in [0.25, 0.3) is 11.3 Å². The number of alkyl halides is 6. The van der Waals surface area contributed by atoms with E-state index in [0.717, 1.165) is 30.5 Å². The van der Waals surface area contributed by atoms with Crippen LogP contribution in [0.15, 0.2) is 48.9 Å². The number of pyridine rings is 1.